The molecule has 8 heteroatoms. The Kier molecular flexibility index (Phi) is 8.31. The number of rotatable bonds is 9. The Bertz CT molecular complexity index is 675. The van der Waals surface area contributed by atoms with Crippen molar-refractivity contribution in [2.75, 3.05) is 31.9 Å². The van der Waals surface area contributed by atoms with Gasteiger partial charge >= 0.3 is 0 Å². The molecule has 0 spiro atoms. The number of hydrogen-bond acceptors (Lipinski definition) is 3. The number of nitrogens with one attached hydrogen (secondary N) is 3. The summed E-state index contributed by atoms with van der Waals surface area (Å²) in [6.45, 7) is 9.41. The minimum atomic E-state index is -3.19. The molecule has 1 aromatic carbocycles. The van der Waals surface area contributed by atoms with Crippen molar-refractivity contribution in [1.29, 1.82) is 0 Å². The van der Waals surface area contributed by atoms with Crippen LogP contribution in [-0.2, 0) is 15.4 Å². The van der Waals surface area contributed by atoms with Crippen molar-refractivity contribution in [2.45, 2.75) is 33.1 Å². The zero-order chi connectivity index (χ0) is 18.9. The molecular formula is C17H29FN4O2S. The number of halogens is 1. The smallest absolute Gasteiger partial charge is 0.211 e. The molecule has 0 fully saturated rings. The average molecular weight is 373 g/mol. The van der Waals surface area contributed by atoms with Gasteiger partial charge in [0.15, 0.2) is 5.96 Å². The number of hydrogen-bond donors (Lipinski definition) is 3. The highest BCUT2D eigenvalue weighted by Crippen LogP contribution is 2.24. The van der Waals surface area contributed by atoms with E-state index in [1.165, 1.54) is 12.1 Å². The number of guanidine groups is 1. The number of aliphatic imine (C=N–C) groups is 1. The molecule has 0 bridgehead atoms. The number of sulfonamides is 1. The van der Waals surface area contributed by atoms with E-state index in [9.17, 15) is 12.8 Å². The van der Waals surface area contributed by atoms with Crippen molar-refractivity contribution in [2.24, 2.45) is 4.99 Å². The summed E-state index contributed by atoms with van der Waals surface area (Å²) in [5.41, 5.74) is 0.552. The molecule has 0 aliphatic carbocycles. The molecule has 1 aromatic rings. The lowest BCUT2D eigenvalue weighted by Gasteiger charge is -2.24. The summed E-state index contributed by atoms with van der Waals surface area (Å²) in [7, 11) is -3.19. The van der Waals surface area contributed by atoms with Crippen LogP contribution in [0.5, 0.6) is 0 Å². The van der Waals surface area contributed by atoms with Crippen molar-refractivity contribution in [3.8, 4) is 0 Å². The topological polar surface area (TPSA) is 82.6 Å². The number of nitrogens with zero attached hydrogens (tertiary/aromatic N) is 1. The maximum absolute atomic E-state index is 13.4. The van der Waals surface area contributed by atoms with Gasteiger partial charge in [0.2, 0.25) is 10.0 Å². The molecule has 25 heavy (non-hydrogen) atoms. The molecule has 0 heterocycles. The van der Waals surface area contributed by atoms with Gasteiger partial charge in [0.25, 0.3) is 0 Å². The Hall–Kier alpha value is -1.67. The van der Waals surface area contributed by atoms with Gasteiger partial charge in [-0.2, -0.15) is 0 Å². The van der Waals surface area contributed by atoms with Crippen LogP contribution >= 0.6 is 0 Å². The fourth-order valence-corrected chi connectivity index (χ4v) is 2.73. The van der Waals surface area contributed by atoms with Crippen molar-refractivity contribution in [3.63, 3.8) is 0 Å². The molecular weight excluding hydrogens is 343 g/mol. The van der Waals surface area contributed by atoms with Gasteiger partial charge in [0.1, 0.15) is 5.82 Å². The molecule has 0 unspecified atom stereocenters. The van der Waals surface area contributed by atoms with Crippen molar-refractivity contribution >= 4 is 16.0 Å². The third-order valence-corrected chi connectivity index (χ3v) is 5.11. The minimum absolute atomic E-state index is 0.0585. The Morgan fingerprint density at radius 1 is 1.20 bits per heavy atom. The van der Waals surface area contributed by atoms with E-state index in [4.69, 9.17) is 0 Å². The zero-order valence-corrected chi connectivity index (χ0v) is 16.2. The molecule has 0 radical (unpaired) electrons. The Morgan fingerprint density at radius 3 is 2.52 bits per heavy atom. The average Bonchev–Trinajstić information content (AvgIpc) is 2.56. The first kappa shape index (κ1) is 21.4. The van der Waals surface area contributed by atoms with Gasteiger partial charge in [-0.1, -0.05) is 26.0 Å². The van der Waals surface area contributed by atoms with Gasteiger partial charge in [-0.3, -0.25) is 4.99 Å². The summed E-state index contributed by atoms with van der Waals surface area (Å²) in [5, 5.41) is 6.21. The lowest BCUT2D eigenvalue weighted by atomic mass is 9.85. The Balaban J connectivity index is 2.65. The van der Waals surface area contributed by atoms with Crippen LogP contribution in [0.2, 0.25) is 0 Å². The second kappa shape index (κ2) is 9.72. The summed E-state index contributed by atoms with van der Waals surface area (Å²) >= 11 is 0. The lowest BCUT2D eigenvalue weighted by Crippen LogP contribution is -2.42. The fraction of sp³-hybridized carbons (Fsp3) is 0.588. The summed E-state index contributed by atoms with van der Waals surface area (Å²) in [4.78, 5) is 4.54. The maximum atomic E-state index is 13.4. The molecule has 0 aromatic heterocycles. The number of benzene rings is 1. The molecule has 0 saturated carbocycles. The van der Waals surface area contributed by atoms with Crippen LogP contribution < -0.4 is 15.4 Å². The highest BCUT2D eigenvalue weighted by molar-refractivity contribution is 7.89. The maximum Gasteiger partial charge on any atom is 0.211 e. The third kappa shape index (κ3) is 7.83. The molecule has 0 atom stereocenters. The first-order valence-electron chi connectivity index (χ1n) is 8.45. The second-order valence-electron chi connectivity index (χ2n) is 6.31. The quantitative estimate of drug-likeness (QED) is 0.349. The van der Waals surface area contributed by atoms with Crippen LogP contribution in [0.1, 0.15) is 33.3 Å². The van der Waals surface area contributed by atoms with Gasteiger partial charge in [-0.15, -0.1) is 0 Å². The van der Waals surface area contributed by atoms with Crippen molar-refractivity contribution in [1.82, 2.24) is 15.4 Å². The monoisotopic (exact) mass is 372 g/mol. The second-order valence-corrected chi connectivity index (χ2v) is 8.41. The van der Waals surface area contributed by atoms with Gasteiger partial charge in [0, 0.05) is 25.0 Å². The van der Waals surface area contributed by atoms with Crippen LogP contribution in [0.25, 0.3) is 0 Å². The summed E-state index contributed by atoms with van der Waals surface area (Å²) in [6, 6.07) is 6.53. The van der Waals surface area contributed by atoms with E-state index in [1.807, 2.05) is 26.8 Å². The molecule has 0 saturated heterocycles. The van der Waals surface area contributed by atoms with Crippen LogP contribution in [-0.4, -0.2) is 46.3 Å². The first-order valence-corrected chi connectivity index (χ1v) is 10.1. The summed E-state index contributed by atoms with van der Waals surface area (Å²) < 4.78 is 38.7. The Labute approximate surface area is 150 Å². The predicted octanol–water partition coefficient (Wildman–Crippen LogP) is 1.60. The minimum Gasteiger partial charge on any atom is -0.357 e. The highest BCUT2D eigenvalue weighted by atomic mass is 32.2. The SMILES string of the molecule is CCNC(=NCC(C)(C)c1cccc(F)c1)NCCNS(=O)(=O)CC. The fourth-order valence-electron chi connectivity index (χ4n) is 2.11. The molecule has 0 aliphatic rings. The molecule has 0 aliphatic heterocycles. The molecule has 0 amide bonds. The van der Waals surface area contributed by atoms with Gasteiger partial charge in [0.05, 0.1) is 12.3 Å². The van der Waals surface area contributed by atoms with Crippen LogP contribution in [0.4, 0.5) is 4.39 Å². The Morgan fingerprint density at radius 2 is 1.92 bits per heavy atom. The van der Waals surface area contributed by atoms with Crippen molar-refractivity contribution < 1.29 is 12.8 Å². The largest absolute Gasteiger partial charge is 0.357 e. The van der Waals surface area contributed by atoms with Crippen LogP contribution in [0, 0.1) is 5.82 Å². The summed E-state index contributed by atoms with van der Waals surface area (Å²) in [6.07, 6.45) is 0. The van der Waals surface area contributed by atoms with E-state index < -0.39 is 10.0 Å². The standard InChI is InChI=1S/C17H29FN4O2S/c1-5-19-16(20-10-11-22-25(23,24)6-2)21-13-17(3,4)14-8-7-9-15(18)12-14/h7-9,12,22H,5-6,10-11,13H2,1-4H3,(H2,19,20,21). The van der Waals surface area contributed by atoms with E-state index in [0.717, 1.165) is 5.56 Å². The lowest BCUT2D eigenvalue weighted by molar-refractivity contribution is 0.529. The van der Waals surface area contributed by atoms with E-state index >= 15 is 0 Å². The normalized spacial score (nSPS) is 12.9. The first-order chi connectivity index (χ1) is 11.7. The van der Waals surface area contributed by atoms with Crippen LogP contribution in [0.15, 0.2) is 29.3 Å². The molecule has 142 valence electrons. The summed E-state index contributed by atoms with van der Waals surface area (Å²) in [5.74, 6) is 0.397. The van der Waals surface area contributed by atoms with Gasteiger partial charge in [-0.25, -0.2) is 17.5 Å². The van der Waals surface area contributed by atoms with E-state index in [0.29, 0.717) is 25.6 Å². The van der Waals surface area contributed by atoms with Crippen LogP contribution in [0.3, 0.4) is 0 Å². The highest BCUT2D eigenvalue weighted by Gasteiger charge is 2.21. The zero-order valence-electron chi connectivity index (χ0n) is 15.4. The van der Waals surface area contributed by atoms with Gasteiger partial charge in [-0.05, 0) is 31.5 Å². The third-order valence-electron chi connectivity index (χ3n) is 3.70. The van der Waals surface area contributed by atoms with E-state index in [2.05, 4.69) is 20.3 Å². The molecule has 1 rings (SSSR count). The van der Waals surface area contributed by atoms with E-state index in [1.54, 1.807) is 13.0 Å². The van der Waals surface area contributed by atoms with Gasteiger partial charge < -0.3 is 10.6 Å². The predicted molar refractivity (Wildman–Crippen MR) is 101 cm³/mol. The van der Waals surface area contributed by atoms with E-state index in [-0.39, 0.29) is 23.5 Å². The molecule has 3 N–H and O–H groups in total. The molecule has 6 nitrogen and oxygen atoms in total. The van der Waals surface area contributed by atoms with Crippen molar-refractivity contribution in [3.05, 3.63) is 35.6 Å².